The molecule has 0 bridgehead atoms. The number of anilines is 1. The van der Waals surface area contributed by atoms with Crippen molar-refractivity contribution >= 4 is 33.5 Å². The highest BCUT2D eigenvalue weighted by Gasteiger charge is 2.27. The molecule has 3 aromatic heterocycles. The lowest BCUT2D eigenvalue weighted by Crippen LogP contribution is -2.36. The van der Waals surface area contributed by atoms with Crippen LogP contribution in [-0.4, -0.2) is 32.8 Å². The standard InChI is InChI=1S/C22H17F5N4O5S/c1-30-18(33)16-11(8-36-19(16)31(2)21(30)34)7-15(32)29-20-28-14(9-37-20)10-5-12(23)17(13(24)6-10)35-4-3-22(25,26)27/h5-6,8-9H,3-4,7H2,1-2H3,(H,28,29,32). The number of fused-ring (bicyclic) bond motifs is 1. The second-order valence-corrected chi connectivity index (χ2v) is 8.75. The summed E-state index contributed by atoms with van der Waals surface area (Å²) in [6, 6.07) is 1.70. The molecule has 9 nitrogen and oxygen atoms in total. The third kappa shape index (κ3) is 5.40. The quantitative estimate of drug-likeness (QED) is 0.355. The topological polar surface area (TPSA) is 108 Å². The highest BCUT2D eigenvalue weighted by molar-refractivity contribution is 7.14. The predicted molar refractivity (Wildman–Crippen MR) is 123 cm³/mol. The zero-order chi connectivity index (χ0) is 27.1. The van der Waals surface area contributed by atoms with E-state index in [1.165, 1.54) is 25.7 Å². The lowest BCUT2D eigenvalue weighted by Gasteiger charge is -2.11. The zero-order valence-electron chi connectivity index (χ0n) is 19.1. The average molecular weight is 544 g/mol. The molecule has 0 aliphatic heterocycles. The Bertz CT molecular complexity index is 1600. The Morgan fingerprint density at radius 2 is 1.84 bits per heavy atom. The number of aryl methyl sites for hydroxylation is 1. The van der Waals surface area contributed by atoms with Crippen LogP contribution in [0.25, 0.3) is 22.4 Å². The largest absolute Gasteiger partial charge is 0.487 e. The average Bonchev–Trinajstić information content (AvgIpc) is 3.44. The minimum absolute atomic E-state index is 0.0160. The van der Waals surface area contributed by atoms with E-state index < -0.39 is 53.7 Å². The van der Waals surface area contributed by atoms with Crippen LogP contribution in [0.4, 0.5) is 27.1 Å². The molecule has 0 unspecified atom stereocenters. The van der Waals surface area contributed by atoms with Crippen LogP contribution in [0.3, 0.4) is 0 Å². The molecule has 1 N–H and O–H groups in total. The Balaban J connectivity index is 1.48. The first-order chi connectivity index (χ1) is 17.4. The van der Waals surface area contributed by atoms with Gasteiger partial charge in [-0.05, 0) is 12.1 Å². The predicted octanol–water partition coefficient (Wildman–Crippen LogP) is 3.74. The third-order valence-corrected chi connectivity index (χ3v) is 6.03. The lowest BCUT2D eigenvalue weighted by molar-refractivity contribution is -0.139. The molecule has 1 amide bonds. The summed E-state index contributed by atoms with van der Waals surface area (Å²) in [5.74, 6) is -3.94. The van der Waals surface area contributed by atoms with Gasteiger partial charge in [0.2, 0.25) is 11.6 Å². The van der Waals surface area contributed by atoms with Crippen molar-refractivity contribution in [2.45, 2.75) is 19.0 Å². The Labute approximate surface area is 207 Å². The van der Waals surface area contributed by atoms with E-state index in [-0.39, 0.29) is 39.5 Å². The van der Waals surface area contributed by atoms with Crippen molar-refractivity contribution in [2.75, 3.05) is 11.9 Å². The van der Waals surface area contributed by atoms with Gasteiger partial charge in [-0.2, -0.15) is 13.2 Å². The number of nitrogens with one attached hydrogen (secondary N) is 1. The number of benzene rings is 1. The SMILES string of the molecule is Cn1c(=O)c2c(CC(=O)Nc3nc(-c4cc(F)c(OCCC(F)(F)F)c(F)c4)cs3)coc2n(C)c1=O. The summed E-state index contributed by atoms with van der Waals surface area (Å²) in [6.07, 6.45) is -5.00. The van der Waals surface area contributed by atoms with Crippen molar-refractivity contribution in [3.63, 3.8) is 0 Å². The molecule has 4 rings (SSSR count). The summed E-state index contributed by atoms with van der Waals surface area (Å²) >= 11 is 0.953. The maximum Gasteiger partial charge on any atom is 0.392 e. The molecule has 0 radical (unpaired) electrons. The van der Waals surface area contributed by atoms with Gasteiger partial charge in [-0.15, -0.1) is 11.3 Å². The molecule has 0 saturated heterocycles. The fourth-order valence-electron chi connectivity index (χ4n) is 3.47. The van der Waals surface area contributed by atoms with Gasteiger partial charge in [-0.25, -0.2) is 18.6 Å². The Kier molecular flexibility index (Phi) is 6.90. The van der Waals surface area contributed by atoms with Crippen molar-refractivity contribution in [3.8, 4) is 17.0 Å². The first kappa shape index (κ1) is 26.1. The van der Waals surface area contributed by atoms with E-state index in [4.69, 9.17) is 4.42 Å². The van der Waals surface area contributed by atoms with Crippen molar-refractivity contribution in [1.29, 1.82) is 0 Å². The van der Waals surface area contributed by atoms with Gasteiger partial charge >= 0.3 is 11.9 Å². The lowest BCUT2D eigenvalue weighted by atomic mass is 10.1. The number of nitrogens with zero attached hydrogens (tertiary/aromatic N) is 3. The van der Waals surface area contributed by atoms with E-state index in [2.05, 4.69) is 15.0 Å². The maximum absolute atomic E-state index is 14.3. The number of aromatic nitrogens is 3. The van der Waals surface area contributed by atoms with Crippen molar-refractivity contribution < 1.29 is 35.9 Å². The van der Waals surface area contributed by atoms with Gasteiger partial charge < -0.3 is 14.5 Å². The molecule has 4 aromatic rings. The molecule has 0 aliphatic rings. The zero-order valence-corrected chi connectivity index (χ0v) is 19.9. The fraction of sp³-hybridized carbons (Fsp3) is 0.273. The molecule has 0 aliphatic carbocycles. The van der Waals surface area contributed by atoms with Crippen LogP contribution in [0.5, 0.6) is 5.75 Å². The number of ether oxygens (including phenoxy) is 1. The number of rotatable bonds is 7. The number of carbonyl (C=O) groups excluding carboxylic acids is 1. The van der Waals surface area contributed by atoms with Crippen LogP contribution < -0.4 is 21.3 Å². The number of amides is 1. The molecule has 0 fully saturated rings. The van der Waals surface area contributed by atoms with Crippen molar-refractivity contribution in [2.24, 2.45) is 14.1 Å². The van der Waals surface area contributed by atoms with Gasteiger partial charge in [-0.1, -0.05) is 0 Å². The molecule has 15 heteroatoms. The normalized spacial score (nSPS) is 11.8. The van der Waals surface area contributed by atoms with Gasteiger partial charge in [0.15, 0.2) is 22.5 Å². The molecule has 0 spiro atoms. The molecule has 1 aromatic carbocycles. The first-order valence-corrected chi connectivity index (χ1v) is 11.3. The van der Waals surface area contributed by atoms with E-state index in [0.717, 1.165) is 32.6 Å². The summed E-state index contributed by atoms with van der Waals surface area (Å²) < 4.78 is 77.2. The highest BCUT2D eigenvalue weighted by atomic mass is 32.1. The number of thiazole rings is 1. The Morgan fingerprint density at radius 3 is 2.49 bits per heavy atom. The molecule has 37 heavy (non-hydrogen) atoms. The fourth-order valence-corrected chi connectivity index (χ4v) is 4.20. The molecular formula is C22H17F5N4O5S. The van der Waals surface area contributed by atoms with Gasteiger partial charge in [0.25, 0.3) is 5.56 Å². The molecule has 3 heterocycles. The van der Waals surface area contributed by atoms with Crippen LogP contribution in [0.2, 0.25) is 0 Å². The van der Waals surface area contributed by atoms with Crippen molar-refractivity contribution in [3.05, 3.63) is 61.8 Å². The van der Waals surface area contributed by atoms with Crippen LogP contribution in [-0.2, 0) is 25.3 Å². The van der Waals surface area contributed by atoms with Crippen LogP contribution in [0, 0.1) is 11.6 Å². The van der Waals surface area contributed by atoms with Crippen LogP contribution >= 0.6 is 11.3 Å². The summed E-state index contributed by atoms with van der Waals surface area (Å²) in [5.41, 5.74) is -0.890. The molecule has 0 atom stereocenters. The molecular weight excluding hydrogens is 527 g/mol. The number of hydrogen-bond donors (Lipinski definition) is 1. The van der Waals surface area contributed by atoms with Crippen LogP contribution in [0.1, 0.15) is 12.0 Å². The van der Waals surface area contributed by atoms with Gasteiger partial charge in [0.1, 0.15) is 5.39 Å². The number of hydrogen-bond acceptors (Lipinski definition) is 7. The second kappa shape index (κ2) is 9.80. The maximum atomic E-state index is 14.3. The number of carbonyl (C=O) groups is 1. The van der Waals surface area contributed by atoms with E-state index in [1.807, 2.05) is 0 Å². The monoisotopic (exact) mass is 544 g/mol. The summed E-state index contributed by atoms with van der Waals surface area (Å²) in [7, 11) is 2.71. The second-order valence-electron chi connectivity index (χ2n) is 7.89. The van der Waals surface area contributed by atoms with E-state index in [1.54, 1.807) is 0 Å². The Hall–Kier alpha value is -4.01. The number of alkyl halides is 3. The Morgan fingerprint density at radius 1 is 1.16 bits per heavy atom. The minimum atomic E-state index is -4.54. The summed E-state index contributed by atoms with van der Waals surface area (Å²) in [4.78, 5) is 41.2. The number of halogens is 5. The summed E-state index contributed by atoms with van der Waals surface area (Å²) in [5, 5.41) is 4.07. The molecule has 0 saturated carbocycles. The van der Waals surface area contributed by atoms with Crippen molar-refractivity contribution in [1.82, 2.24) is 14.1 Å². The molecule has 196 valence electrons. The van der Waals surface area contributed by atoms with E-state index in [9.17, 15) is 36.3 Å². The first-order valence-electron chi connectivity index (χ1n) is 10.5. The van der Waals surface area contributed by atoms with Gasteiger partial charge in [0.05, 0.1) is 31.4 Å². The van der Waals surface area contributed by atoms with E-state index >= 15 is 0 Å². The van der Waals surface area contributed by atoms with Gasteiger partial charge in [-0.3, -0.25) is 18.7 Å². The summed E-state index contributed by atoms with van der Waals surface area (Å²) in [6.45, 7) is -0.947. The van der Waals surface area contributed by atoms with E-state index in [0.29, 0.717) is 0 Å². The minimum Gasteiger partial charge on any atom is -0.487 e. The third-order valence-electron chi connectivity index (χ3n) is 5.27. The van der Waals surface area contributed by atoms with Gasteiger partial charge in [0, 0.05) is 30.6 Å². The highest BCUT2D eigenvalue weighted by Crippen LogP contribution is 2.31. The smallest absolute Gasteiger partial charge is 0.392 e. The van der Waals surface area contributed by atoms with Crippen LogP contribution in [0.15, 0.2) is 37.8 Å². The number of furan rings is 1.